The average molecular weight is 294 g/mol. The van der Waals surface area contributed by atoms with Gasteiger partial charge in [-0.3, -0.25) is 9.69 Å². The summed E-state index contributed by atoms with van der Waals surface area (Å²) in [5.41, 5.74) is -0.796. The molecule has 5 nitrogen and oxygen atoms in total. The van der Waals surface area contributed by atoms with Crippen molar-refractivity contribution in [3.63, 3.8) is 0 Å². The monoisotopic (exact) mass is 294 g/mol. The van der Waals surface area contributed by atoms with E-state index in [-0.39, 0.29) is 17.9 Å². The number of carbonyl (C=O) groups is 1. The van der Waals surface area contributed by atoms with E-state index in [1.165, 1.54) is 6.42 Å². The number of hydrogen-bond acceptors (Lipinski definition) is 4. The summed E-state index contributed by atoms with van der Waals surface area (Å²) in [6.07, 6.45) is 1.17. The molecule has 0 aromatic carbocycles. The first kappa shape index (κ1) is 17.9. The molecule has 1 fully saturated rings. The Morgan fingerprint density at radius 1 is 1.29 bits per heavy atom. The quantitative estimate of drug-likeness (QED) is 0.805. The summed E-state index contributed by atoms with van der Waals surface area (Å²) in [6.45, 7) is 14.8. The van der Waals surface area contributed by atoms with Crippen LogP contribution in [0.1, 0.15) is 41.0 Å². The molecule has 1 N–H and O–H groups in total. The van der Waals surface area contributed by atoms with Crippen LogP contribution in [0.3, 0.4) is 0 Å². The van der Waals surface area contributed by atoms with Gasteiger partial charge in [-0.05, 0) is 32.7 Å². The van der Waals surface area contributed by atoms with Crippen LogP contribution in [0.25, 0.3) is 0 Å². The predicted octanol–water partition coefficient (Wildman–Crippen LogP) is 1.46. The number of carbonyl (C=O) groups excluding carboxylic acids is 1. The molecule has 0 spiro atoms. The smallest absolute Gasteiger partial charge is 0.238 e. The summed E-state index contributed by atoms with van der Waals surface area (Å²) in [5.74, 6) is 0.0387. The van der Waals surface area contributed by atoms with Crippen LogP contribution in [-0.4, -0.2) is 60.0 Å². The molecular weight excluding hydrogens is 264 g/mol. The van der Waals surface area contributed by atoms with Crippen molar-refractivity contribution in [2.45, 2.75) is 52.6 Å². The third-order valence-corrected chi connectivity index (χ3v) is 4.64. The van der Waals surface area contributed by atoms with Crippen molar-refractivity contribution in [1.82, 2.24) is 15.1 Å². The van der Waals surface area contributed by atoms with E-state index in [9.17, 15) is 10.1 Å². The van der Waals surface area contributed by atoms with Gasteiger partial charge in [0.05, 0.1) is 12.1 Å². The Bertz CT molecular complexity index is 382. The van der Waals surface area contributed by atoms with Crippen molar-refractivity contribution in [3.8, 4) is 6.07 Å². The fourth-order valence-electron chi connectivity index (χ4n) is 2.52. The molecule has 2 atom stereocenters. The second-order valence-electron chi connectivity index (χ2n) is 6.51. The van der Waals surface area contributed by atoms with Gasteiger partial charge in [0.1, 0.15) is 5.54 Å². The second kappa shape index (κ2) is 7.77. The maximum atomic E-state index is 12.4. The van der Waals surface area contributed by atoms with Crippen molar-refractivity contribution in [2.75, 3.05) is 32.7 Å². The maximum absolute atomic E-state index is 12.4. The third kappa shape index (κ3) is 4.69. The van der Waals surface area contributed by atoms with Crippen LogP contribution in [0.5, 0.6) is 0 Å². The van der Waals surface area contributed by atoms with Crippen LogP contribution in [0.2, 0.25) is 0 Å². The maximum Gasteiger partial charge on any atom is 0.238 e. The molecule has 1 rings (SSSR count). The first-order chi connectivity index (χ1) is 9.84. The average Bonchev–Trinajstić information content (AvgIpc) is 2.47. The summed E-state index contributed by atoms with van der Waals surface area (Å²) in [6, 6.07) is 2.05. The number of rotatable bonds is 6. The van der Waals surface area contributed by atoms with E-state index in [4.69, 9.17) is 0 Å². The Hall–Kier alpha value is -1.12. The summed E-state index contributed by atoms with van der Waals surface area (Å²) < 4.78 is 0. The third-order valence-electron chi connectivity index (χ3n) is 4.64. The van der Waals surface area contributed by atoms with Gasteiger partial charge in [-0.1, -0.05) is 20.8 Å². The van der Waals surface area contributed by atoms with Crippen molar-refractivity contribution in [2.24, 2.45) is 5.92 Å². The van der Waals surface area contributed by atoms with Gasteiger partial charge in [0.15, 0.2) is 0 Å². The molecule has 1 heterocycles. The van der Waals surface area contributed by atoms with E-state index < -0.39 is 5.54 Å². The molecular formula is C16H30N4O. The van der Waals surface area contributed by atoms with Crippen LogP contribution >= 0.6 is 0 Å². The lowest BCUT2D eigenvalue weighted by Crippen LogP contribution is -2.58. The number of piperazine rings is 1. The second-order valence-corrected chi connectivity index (χ2v) is 6.51. The minimum absolute atomic E-state index is 0.0447. The normalized spacial score (nSPS) is 21.6. The summed E-state index contributed by atoms with van der Waals surface area (Å²) in [7, 11) is 0. The lowest BCUT2D eigenvalue weighted by atomic mass is 9.89. The zero-order valence-electron chi connectivity index (χ0n) is 14.1. The van der Waals surface area contributed by atoms with Gasteiger partial charge in [-0.15, -0.1) is 0 Å². The molecule has 120 valence electrons. The molecule has 0 bridgehead atoms. The van der Waals surface area contributed by atoms with Crippen LogP contribution < -0.4 is 5.32 Å². The van der Waals surface area contributed by atoms with E-state index in [1.807, 2.05) is 20.8 Å². The van der Waals surface area contributed by atoms with E-state index in [0.717, 1.165) is 32.7 Å². The van der Waals surface area contributed by atoms with E-state index in [1.54, 1.807) is 6.92 Å². The number of hydrogen-bond donors (Lipinski definition) is 1. The van der Waals surface area contributed by atoms with Gasteiger partial charge in [0.2, 0.25) is 5.91 Å². The summed E-state index contributed by atoms with van der Waals surface area (Å²) in [4.78, 5) is 17.1. The Balaban J connectivity index is 2.54. The van der Waals surface area contributed by atoms with Crippen LogP contribution in [0, 0.1) is 17.2 Å². The fraction of sp³-hybridized carbons (Fsp3) is 0.875. The Morgan fingerprint density at radius 2 is 1.86 bits per heavy atom. The molecule has 0 unspecified atom stereocenters. The van der Waals surface area contributed by atoms with Crippen molar-refractivity contribution in [1.29, 1.82) is 5.26 Å². The highest BCUT2D eigenvalue weighted by molar-refractivity contribution is 5.82. The lowest BCUT2D eigenvalue weighted by Gasteiger charge is -2.38. The number of amides is 1. The highest BCUT2D eigenvalue weighted by Crippen LogP contribution is 2.16. The minimum atomic E-state index is -0.796. The van der Waals surface area contributed by atoms with Gasteiger partial charge in [-0.2, -0.15) is 5.26 Å². The molecule has 0 aromatic rings. The molecule has 1 aliphatic rings. The zero-order valence-corrected chi connectivity index (χ0v) is 14.1. The van der Waals surface area contributed by atoms with Crippen molar-refractivity contribution in [3.05, 3.63) is 0 Å². The molecule has 1 saturated heterocycles. The molecule has 0 radical (unpaired) electrons. The van der Waals surface area contributed by atoms with Gasteiger partial charge >= 0.3 is 0 Å². The molecule has 5 heteroatoms. The van der Waals surface area contributed by atoms with E-state index in [0.29, 0.717) is 0 Å². The topological polar surface area (TPSA) is 59.4 Å². The first-order valence-corrected chi connectivity index (χ1v) is 8.03. The van der Waals surface area contributed by atoms with Crippen LogP contribution in [0.4, 0.5) is 0 Å². The molecule has 0 saturated carbocycles. The highest BCUT2D eigenvalue weighted by atomic mass is 16.2. The standard InChI is InChI=1S/C16H30N4O/c1-6-7-19-8-10-20(11-9-19)14(4)15(21)18-16(5,12-17)13(2)3/h13-14H,6-11H2,1-5H3,(H,18,21)/t14-,16+/m1/s1. The SMILES string of the molecule is CCCN1CCN([C@H](C)C(=O)N[C@@](C)(C#N)C(C)C)CC1. The molecule has 0 aliphatic carbocycles. The predicted molar refractivity (Wildman–Crippen MR) is 84.8 cm³/mol. The van der Waals surface area contributed by atoms with Gasteiger partial charge in [0.25, 0.3) is 0 Å². The number of nitrogens with one attached hydrogen (secondary N) is 1. The van der Waals surface area contributed by atoms with Gasteiger partial charge in [0, 0.05) is 26.2 Å². The van der Waals surface area contributed by atoms with Crippen molar-refractivity contribution < 1.29 is 4.79 Å². The Morgan fingerprint density at radius 3 is 2.29 bits per heavy atom. The summed E-state index contributed by atoms with van der Waals surface area (Å²) >= 11 is 0. The summed E-state index contributed by atoms with van der Waals surface area (Å²) in [5, 5.41) is 12.2. The molecule has 21 heavy (non-hydrogen) atoms. The van der Waals surface area contributed by atoms with Gasteiger partial charge < -0.3 is 10.2 Å². The first-order valence-electron chi connectivity index (χ1n) is 8.03. The number of nitrogens with zero attached hydrogens (tertiary/aromatic N) is 3. The molecule has 0 aromatic heterocycles. The highest BCUT2D eigenvalue weighted by Gasteiger charge is 2.33. The Kier molecular flexibility index (Phi) is 6.63. The minimum Gasteiger partial charge on any atom is -0.336 e. The van der Waals surface area contributed by atoms with Gasteiger partial charge in [-0.25, -0.2) is 0 Å². The number of nitriles is 1. The lowest BCUT2D eigenvalue weighted by molar-refractivity contribution is -0.128. The molecule has 1 amide bonds. The van der Waals surface area contributed by atoms with E-state index >= 15 is 0 Å². The van der Waals surface area contributed by atoms with Crippen molar-refractivity contribution >= 4 is 5.91 Å². The van der Waals surface area contributed by atoms with Crippen LogP contribution in [0.15, 0.2) is 0 Å². The largest absolute Gasteiger partial charge is 0.336 e. The molecule has 1 aliphatic heterocycles. The van der Waals surface area contributed by atoms with E-state index in [2.05, 4.69) is 28.1 Å². The fourth-order valence-corrected chi connectivity index (χ4v) is 2.52. The Labute approximate surface area is 129 Å². The zero-order chi connectivity index (χ0) is 16.0. The van der Waals surface area contributed by atoms with Crippen LogP contribution in [-0.2, 0) is 4.79 Å².